The van der Waals surface area contributed by atoms with E-state index in [-0.39, 0.29) is 23.8 Å². The van der Waals surface area contributed by atoms with Crippen molar-refractivity contribution in [1.29, 1.82) is 0 Å². The maximum absolute atomic E-state index is 11.9. The van der Waals surface area contributed by atoms with Crippen molar-refractivity contribution in [3.05, 3.63) is 59.9 Å². The molecule has 110 valence electrons. The Labute approximate surface area is 124 Å². The van der Waals surface area contributed by atoms with Crippen LogP contribution in [0.25, 0.3) is 0 Å². The zero-order valence-electron chi connectivity index (χ0n) is 12.3. The van der Waals surface area contributed by atoms with Crippen LogP contribution >= 0.6 is 0 Å². The van der Waals surface area contributed by atoms with Crippen LogP contribution < -0.4 is 5.32 Å². The number of hydrogen-bond acceptors (Lipinski definition) is 3. The first-order chi connectivity index (χ1) is 9.98. The molecule has 1 atom stereocenters. The first-order valence-electron chi connectivity index (χ1n) is 6.88. The number of rotatable bonds is 5. The average Bonchev–Trinajstić information content (AvgIpc) is 2.46. The van der Waals surface area contributed by atoms with E-state index in [0.717, 1.165) is 0 Å². The molecule has 2 rings (SSSR count). The maximum atomic E-state index is 11.9. The summed E-state index contributed by atoms with van der Waals surface area (Å²) >= 11 is 0. The van der Waals surface area contributed by atoms with Crippen molar-refractivity contribution in [2.75, 3.05) is 6.61 Å². The zero-order chi connectivity index (χ0) is 15.3. The third-order valence-corrected chi connectivity index (χ3v) is 3.27. The third kappa shape index (κ3) is 4.31. The minimum atomic E-state index is -0.387. The van der Waals surface area contributed by atoms with Gasteiger partial charge in [-0.1, -0.05) is 36.4 Å². The molecule has 1 unspecified atom stereocenters. The molecule has 0 bridgehead atoms. The van der Waals surface area contributed by atoms with Gasteiger partial charge in [0.1, 0.15) is 5.76 Å². The average molecular weight is 285 g/mol. The summed E-state index contributed by atoms with van der Waals surface area (Å²) in [5, 5.41) is 2.88. The molecule has 1 aliphatic carbocycles. The van der Waals surface area contributed by atoms with Gasteiger partial charge in [-0.2, -0.15) is 0 Å². The van der Waals surface area contributed by atoms with Crippen molar-refractivity contribution >= 4 is 11.7 Å². The molecule has 1 aromatic carbocycles. The van der Waals surface area contributed by atoms with Crippen molar-refractivity contribution in [2.45, 2.75) is 25.8 Å². The summed E-state index contributed by atoms with van der Waals surface area (Å²) in [6.07, 6.45) is 6.20. The number of carbonyl (C=O) groups is 2. The zero-order valence-corrected chi connectivity index (χ0v) is 12.3. The Kier molecular flexibility index (Phi) is 4.58. The summed E-state index contributed by atoms with van der Waals surface area (Å²) in [5.74, 6) is 0.529. The minimum absolute atomic E-state index is 0.0110. The van der Waals surface area contributed by atoms with Crippen LogP contribution in [0.3, 0.4) is 0 Å². The summed E-state index contributed by atoms with van der Waals surface area (Å²) in [6.45, 7) is 3.44. The summed E-state index contributed by atoms with van der Waals surface area (Å²) in [7, 11) is 0. The first-order valence-corrected chi connectivity index (χ1v) is 6.88. The lowest BCUT2D eigenvalue weighted by Gasteiger charge is -2.28. The van der Waals surface area contributed by atoms with Gasteiger partial charge in [-0.05, 0) is 25.5 Å². The Bertz CT molecular complexity index is 589. The van der Waals surface area contributed by atoms with Crippen molar-refractivity contribution in [3.63, 3.8) is 0 Å². The van der Waals surface area contributed by atoms with Crippen LogP contribution in [-0.2, 0) is 9.53 Å². The predicted octanol–water partition coefficient (Wildman–Crippen LogP) is 2.62. The van der Waals surface area contributed by atoms with Crippen LogP contribution in [0.15, 0.2) is 54.3 Å². The highest BCUT2D eigenvalue weighted by molar-refractivity contribution is 5.97. The van der Waals surface area contributed by atoms with Gasteiger partial charge in [0.15, 0.2) is 12.4 Å². The van der Waals surface area contributed by atoms with Crippen molar-refractivity contribution < 1.29 is 14.3 Å². The fourth-order valence-electron chi connectivity index (χ4n) is 2.17. The molecule has 4 nitrogen and oxygen atoms in total. The number of carbonyl (C=O) groups excluding carboxylic acids is 2. The molecular weight excluding hydrogens is 266 g/mol. The Balaban J connectivity index is 1.88. The van der Waals surface area contributed by atoms with Gasteiger partial charge in [0.05, 0.1) is 5.54 Å². The van der Waals surface area contributed by atoms with E-state index in [1.165, 1.54) is 6.92 Å². The lowest BCUT2D eigenvalue weighted by Crippen LogP contribution is -2.43. The molecule has 1 aliphatic rings. The SMILES string of the molecule is CC(=O)NC1(C)C=CC(OCC(=O)c2ccccc2)=CC1. The Hall–Kier alpha value is -2.36. The van der Waals surface area contributed by atoms with Gasteiger partial charge < -0.3 is 10.1 Å². The van der Waals surface area contributed by atoms with Crippen molar-refractivity contribution in [2.24, 2.45) is 0 Å². The molecule has 0 heterocycles. The van der Waals surface area contributed by atoms with Crippen molar-refractivity contribution in [1.82, 2.24) is 5.32 Å². The predicted molar refractivity (Wildman–Crippen MR) is 80.8 cm³/mol. The molecule has 1 N–H and O–H groups in total. The summed E-state index contributed by atoms with van der Waals surface area (Å²) < 4.78 is 5.51. The van der Waals surface area contributed by atoms with E-state index in [9.17, 15) is 9.59 Å². The van der Waals surface area contributed by atoms with E-state index in [2.05, 4.69) is 5.32 Å². The second-order valence-corrected chi connectivity index (χ2v) is 5.32. The number of allylic oxidation sites excluding steroid dienone is 1. The van der Waals surface area contributed by atoms with Gasteiger partial charge in [0.25, 0.3) is 0 Å². The van der Waals surface area contributed by atoms with Gasteiger partial charge in [0.2, 0.25) is 5.91 Å². The number of amides is 1. The van der Waals surface area contributed by atoms with E-state index < -0.39 is 0 Å². The largest absolute Gasteiger partial charge is 0.486 e. The van der Waals surface area contributed by atoms with Crippen LogP contribution in [0.1, 0.15) is 30.6 Å². The molecule has 0 radical (unpaired) electrons. The molecule has 4 heteroatoms. The second-order valence-electron chi connectivity index (χ2n) is 5.32. The Morgan fingerprint density at radius 2 is 2.00 bits per heavy atom. The topological polar surface area (TPSA) is 55.4 Å². The van der Waals surface area contributed by atoms with Crippen LogP contribution in [-0.4, -0.2) is 23.8 Å². The highest BCUT2D eigenvalue weighted by Gasteiger charge is 2.23. The number of ketones is 1. The number of Topliss-reactive ketones (excluding diaryl/α,β-unsaturated/α-hetero) is 1. The van der Waals surface area contributed by atoms with Crippen LogP contribution in [0.4, 0.5) is 0 Å². The summed E-state index contributed by atoms with van der Waals surface area (Å²) in [6, 6.07) is 9.06. The smallest absolute Gasteiger partial charge is 0.217 e. The molecule has 0 fully saturated rings. The minimum Gasteiger partial charge on any atom is -0.486 e. The monoisotopic (exact) mass is 285 g/mol. The third-order valence-electron chi connectivity index (χ3n) is 3.27. The number of hydrogen-bond donors (Lipinski definition) is 1. The number of ether oxygens (including phenoxy) is 1. The van der Waals surface area contributed by atoms with E-state index in [1.807, 2.05) is 37.3 Å². The maximum Gasteiger partial charge on any atom is 0.217 e. The van der Waals surface area contributed by atoms with E-state index >= 15 is 0 Å². The summed E-state index contributed by atoms with van der Waals surface area (Å²) in [4.78, 5) is 23.1. The lowest BCUT2D eigenvalue weighted by atomic mass is 9.93. The van der Waals surface area contributed by atoms with Crippen LogP contribution in [0.2, 0.25) is 0 Å². The fraction of sp³-hybridized carbons (Fsp3) is 0.294. The van der Waals surface area contributed by atoms with E-state index in [4.69, 9.17) is 4.74 Å². The van der Waals surface area contributed by atoms with Gasteiger partial charge in [-0.3, -0.25) is 9.59 Å². The standard InChI is InChI=1S/C17H19NO3/c1-13(19)18-17(2)10-8-15(9-11-17)21-12-16(20)14-6-4-3-5-7-14/h3-10H,11-12H2,1-2H3,(H,18,19). The van der Waals surface area contributed by atoms with E-state index in [0.29, 0.717) is 17.7 Å². The van der Waals surface area contributed by atoms with Gasteiger partial charge in [0, 0.05) is 12.5 Å². The van der Waals surface area contributed by atoms with Gasteiger partial charge >= 0.3 is 0 Å². The summed E-state index contributed by atoms with van der Waals surface area (Å²) in [5.41, 5.74) is 0.253. The number of nitrogens with one attached hydrogen (secondary N) is 1. The van der Waals surface area contributed by atoms with Crippen LogP contribution in [0.5, 0.6) is 0 Å². The molecular formula is C17H19NO3. The normalized spacial score (nSPS) is 20.6. The molecule has 0 aliphatic heterocycles. The molecule has 0 saturated heterocycles. The molecule has 1 amide bonds. The lowest BCUT2D eigenvalue weighted by molar-refractivity contribution is -0.120. The van der Waals surface area contributed by atoms with E-state index in [1.54, 1.807) is 18.2 Å². The highest BCUT2D eigenvalue weighted by atomic mass is 16.5. The molecule has 21 heavy (non-hydrogen) atoms. The molecule has 0 saturated carbocycles. The van der Waals surface area contributed by atoms with Gasteiger partial charge in [-0.25, -0.2) is 0 Å². The Morgan fingerprint density at radius 1 is 1.29 bits per heavy atom. The second kappa shape index (κ2) is 6.39. The number of benzene rings is 1. The first kappa shape index (κ1) is 15.0. The van der Waals surface area contributed by atoms with Crippen molar-refractivity contribution in [3.8, 4) is 0 Å². The molecule has 0 aromatic heterocycles. The van der Waals surface area contributed by atoms with Gasteiger partial charge in [-0.15, -0.1) is 0 Å². The Morgan fingerprint density at radius 3 is 2.57 bits per heavy atom. The molecule has 0 spiro atoms. The quantitative estimate of drug-likeness (QED) is 0.846. The fourth-order valence-corrected chi connectivity index (χ4v) is 2.17. The molecule has 1 aromatic rings. The highest BCUT2D eigenvalue weighted by Crippen LogP contribution is 2.21. The van der Waals surface area contributed by atoms with Crippen LogP contribution in [0, 0.1) is 0 Å².